The number of hydrogen-bond acceptors (Lipinski definition) is 4. The van der Waals surface area contributed by atoms with E-state index >= 15 is 0 Å². The molecule has 0 radical (unpaired) electrons. The van der Waals surface area contributed by atoms with E-state index in [1.165, 1.54) is 0 Å². The highest BCUT2D eigenvalue weighted by molar-refractivity contribution is 7.92. The molecule has 0 spiro atoms. The van der Waals surface area contributed by atoms with Crippen LogP contribution in [-0.2, 0) is 14.8 Å². The van der Waals surface area contributed by atoms with Gasteiger partial charge in [0.25, 0.3) is 0 Å². The summed E-state index contributed by atoms with van der Waals surface area (Å²) in [6.45, 7) is 6.26. The molecule has 0 bridgehead atoms. The number of ether oxygens (including phenoxy) is 1. The number of rotatable bonds is 9. The van der Waals surface area contributed by atoms with E-state index in [2.05, 4.69) is 5.32 Å². The van der Waals surface area contributed by atoms with Crippen LogP contribution in [0.25, 0.3) is 0 Å². The number of halogens is 1. The molecule has 8 heteroatoms. The molecule has 0 fully saturated rings. The van der Waals surface area contributed by atoms with Crippen molar-refractivity contribution in [1.29, 1.82) is 0 Å². The van der Waals surface area contributed by atoms with Crippen molar-refractivity contribution < 1.29 is 17.9 Å². The maximum atomic E-state index is 12.7. The summed E-state index contributed by atoms with van der Waals surface area (Å²) in [5, 5.41) is 3.26. The monoisotopic (exact) mass is 438 g/mol. The van der Waals surface area contributed by atoms with E-state index in [9.17, 15) is 13.2 Å². The number of carbonyl (C=O) groups is 1. The largest absolute Gasteiger partial charge is 0.491 e. The topological polar surface area (TPSA) is 75.7 Å². The van der Waals surface area contributed by atoms with Crippen molar-refractivity contribution in [3.8, 4) is 5.75 Å². The molecule has 0 aromatic heterocycles. The zero-order valence-corrected chi connectivity index (χ0v) is 18.7. The van der Waals surface area contributed by atoms with Gasteiger partial charge in [-0.15, -0.1) is 0 Å². The average molecular weight is 439 g/mol. The number of nitrogens with one attached hydrogen (secondary N) is 1. The molecular weight excluding hydrogens is 412 g/mol. The van der Waals surface area contributed by atoms with Gasteiger partial charge >= 0.3 is 0 Å². The van der Waals surface area contributed by atoms with Crippen LogP contribution in [0.1, 0.15) is 24.5 Å². The standard InChI is InChI=1S/C21H27ClN2O4S/c1-5-19(24(29(4,26)27)18-10-8-17(22)9-11-18)21(25)23-12-13-28-20-14-15(2)6-7-16(20)3/h6-11,14,19H,5,12-13H2,1-4H3,(H,23,25)/t19-/m1/s1. The second-order valence-corrected chi connectivity index (χ2v) is 9.16. The summed E-state index contributed by atoms with van der Waals surface area (Å²) in [6, 6.07) is 11.4. The number of amides is 1. The first-order valence-electron chi connectivity index (χ1n) is 9.36. The molecule has 29 heavy (non-hydrogen) atoms. The molecule has 0 saturated heterocycles. The summed E-state index contributed by atoms with van der Waals surface area (Å²) in [5.41, 5.74) is 2.50. The van der Waals surface area contributed by atoms with Crippen LogP contribution in [0.5, 0.6) is 5.75 Å². The van der Waals surface area contributed by atoms with Gasteiger partial charge in [-0.3, -0.25) is 9.10 Å². The molecule has 0 aliphatic heterocycles. The SMILES string of the molecule is CC[C@H](C(=O)NCCOc1cc(C)ccc1C)N(c1ccc(Cl)cc1)S(C)(=O)=O. The number of hydrogen-bond donors (Lipinski definition) is 1. The quantitative estimate of drug-likeness (QED) is 0.606. The minimum atomic E-state index is -3.67. The van der Waals surface area contributed by atoms with E-state index in [0.717, 1.165) is 27.4 Å². The van der Waals surface area contributed by atoms with Gasteiger partial charge in [0, 0.05) is 5.02 Å². The molecule has 2 aromatic carbocycles. The third kappa shape index (κ3) is 6.37. The third-order valence-electron chi connectivity index (χ3n) is 4.41. The fraction of sp³-hybridized carbons (Fsp3) is 0.381. The summed E-state index contributed by atoms with van der Waals surface area (Å²) in [5.74, 6) is 0.391. The normalized spacial score (nSPS) is 12.3. The van der Waals surface area contributed by atoms with E-state index in [-0.39, 0.29) is 19.1 Å². The number of anilines is 1. The van der Waals surface area contributed by atoms with E-state index in [1.807, 2.05) is 32.0 Å². The smallest absolute Gasteiger partial charge is 0.244 e. The Kier molecular flexibility index (Phi) is 7.93. The van der Waals surface area contributed by atoms with Gasteiger partial charge in [-0.1, -0.05) is 30.7 Å². The predicted octanol–water partition coefficient (Wildman–Crippen LogP) is 3.70. The number of sulfonamides is 1. The Hall–Kier alpha value is -2.25. The van der Waals surface area contributed by atoms with Crippen LogP contribution >= 0.6 is 11.6 Å². The van der Waals surface area contributed by atoms with Crippen LogP contribution < -0.4 is 14.4 Å². The Balaban J connectivity index is 2.05. The summed E-state index contributed by atoms with van der Waals surface area (Å²) in [7, 11) is -3.67. The molecule has 1 atom stereocenters. The van der Waals surface area contributed by atoms with Gasteiger partial charge in [0.05, 0.1) is 18.5 Å². The van der Waals surface area contributed by atoms with E-state index in [0.29, 0.717) is 17.1 Å². The van der Waals surface area contributed by atoms with Crippen LogP contribution in [0.3, 0.4) is 0 Å². The lowest BCUT2D eigenvalue weighted by atomic mass is 10.1. The Bertz CT molecular complexity index is 946. The van der Waals surface area contributed by atoms with Gasteiger partial charge in [-0.2, -0.15) is 0 Å². The fourth-order valence-electron chi connectivity index (χ4n) is 2.96. The first-order chi connectivity index (χ1) is 13.6. The van der Waals surface area contributed by atoms with Gasteiger partial charge < -0.3 is 10.1 Å². The first-order valence-corrected chi connectivity index (χ1v) is 11.6. The van der Waals surface area contributed by atoms with Crippen LogP contribution in [0.2, 0.25) is 5.02 Å². The van der Waals surface area contributed by atoms with Crippen molar-refractivity contribution in [2.75, 3.05) is 23.7 Å². The van der Waals surface area contributed by atoms with Crippen molar-refractivity contribution in [2.24, 2.45) is 0 Å². The van der Waals surface area contributed by atoms with Crippen LogP contribution in [0.15, 0.2) is 42.5 Å². The van der Waals surface area contributed by atoms with Crippen molar-refractivity contribution >= 4 is 33.2 Å². The Morgan fingerprint density at radius 1 is 1.17 bits per heavy atom. The maximum Gasteiger partial charge on any atom is 0.244 e. The molecule has 1 N–H and O–H groups in total. The highest BCUT2D eigenvalue weighted by Crippen LogP contribution is 2.24. The number of nitrogens with zero attached hydrogens (tertiary/aromatic N) is 1. The van der Waals surface area contributed by atoms with Crippen LogP contribution in [-0.4, -0.2) is 39.8 Å². The van der Waals surface area contributed by atoms with Crippen molar-refractivity contribution in [3.63, 3.8) is 0 Å². The lowest BCUT2D eigenvalue weighted by Crippen LogP contribution is -2.50. The first kappa shape index (κ1) is 23.0. The average Bonchev–Trinajstić information content (AvgIpc) is 2.65. The lowest BCUT2D eigenvalue weighted by Gasteiger charge is -2.30. The number of benzene rings is 2. The van der Waals surface area contributed by atoms with Crippen molar-refractivity contribution in [3.05, 3.63) is 58.6 Å². The van der Waals surface area contributed by atoms with Gasteiger partial charge in [-0.05, 0) is 61.7 Å². The number of aryl methyl sites for hydroxylation is 2. The minimum Gasteiger partial charge on any atom is -0.491 e. The molecule has 1 amide bonds. The van der Waals surface area contributed by atoms with E-state index < -0.39 is 16.1 Å². The second kappa shape index (κ2) is 9.98. The van der Waals surface area contributed by atoms with Gasteiger partial charge in [-0.25, -0.2) is 8.42 Å². The molecule has 0 saturated carbocycles. The fourth-order valence-corrected chi connectivity index (χ4v) is 4.30. The molecule has 0 aliphatic carbocycles. The lowest BCUT2D eigenvalue weighted by molar-refractivity contribution is -0.122. The highest BCUT2D eigenvalue weighted by atomic mass is 35.5. The Morgan fingerprint density at radius 2 is 1.83 bits per heavy atom. The van der Waals surface area contributed by atoms with Crippen molar-refractivity contribution in [1.82, 2.24) is 5.32 Å². The summed E-state index contributed by atoms with van der Waals surface area (Å²) < 4.78 is 31.7. The number of carbonyl (C=O) groups excluding carboxylic acids is 1. The molecule has 0 aliphatic rings. The zero-order chi connectivity index (χ0) is 21.6. The van der Waals surface area contributed by atoms with Gasteiger partial charge in [0.15, 0.2) is 0 Å². The minimum absolute atomic E-state index is 0.265. The third-order valence-corrected chi connectivity index (χ3v) is 5.85. The van der Waals surface area contributed by atoms with Crippen LogP contribution in [0.4, 0.5) is 5.69 Å². The van der Waals surface area contributed by atoms with Gasteiger partial charge in [0.1, 0.15) is 18.4 Å². The summed E-state index contributed by atoms with van der Waals surface area (Å²) >= 11 is 5.90. The molecule has 2 rings (SSSR count). The Morgan fingerprint density at radius 3 is 2.41 bits per heavy atom. The van der Waals surface area contributed by atoms with Crippen LogP contribution in [0, 0.1) is 13.8 Å². The molecule has 0 unspecified atom stereocenters. The van der Waals surface area contributed by atoms with Gasteiger partial charge in [0.2, 0.25) is 15.9 Å². The van der Waals surface area contributed by atoms with E-state index in [4.69, 9.17) is 16.3 Å². The molecule has 158 valence electrons. The molecule has 0 heterocycles. The second-order valence-electron chi connectivity index (χ2n) is 6.87. The summed E-state index contributed by atoms with van der Waals surface area (Å²) in [4.78, 5) is 12.7. The molecular formula is C21H27ClN2O4S. The summed E-state index contributed by atoms with van der Waals surface area (Å²) in [6.07, 6.45) is 1.40. The predicted molar refractivity (Wildman–Crippen MR) is 117 cm³/mol. The Labute approximate surface area is 177 Å². The molecule has 2 aromatic rings. The zero-order valence-electron chi connectivity index (χ0n) is 17.1. The highest BCUT2D eigenvalue weighted by Gasteiger charge is 2.31. The molecule has 6 nitrogen and oxygen atoms in total. The van der Waals surface area contributed by atoms with E-state index in [1.54, 1.807) is 31.2 Å². The maximum absolute atomic E-state index is 12.7. The van der Waals surface area contributed by atoms with Crippen molar-refractivity contribution in [2.45, 2.75) is 33.2 Å².